The van der Waals surface area contributed by atoms with E-state index in [2.05, 4.69) is 5.32 Å². The summed E-state index contributed by atoms with van der Waals surface area (Å²) < 4.78 is 13.5. The summed E-state index contributed by atoms with van der Waals surface area (Å²) in [5.41, 5.74) is 6.99. The van der Waals surface area contributed by atoms with E-state index in [-0.39, 0.29) is 24.8 Å². The summed E-state index contributed by atoms with van der Waals surface area (Å²) in [7, 11) is 0. The lowest BCUT2D eigenvalue weighted by Crippen LogP contribution is -2.33. The second kappa shape index (κ2) is 6.82. The molecule has 4 heteroatoms. The van der Waals surface area contributed by atoms with Crippen LogP contribution in [0.2, 0.25) is 0 Å². The second-order valence-corrected chi connectivity index (χ2v) is 4.51. The van der Waals surface area contributed by atoms with Crippen LogP contribution in [-0.4, -0.2) is 12.5 Å². The number of amides is 1. The summed E-state index contributed by atoms with van der Waals surface area (Å²) in [6, 6.07) is 15.7. The van der Waals surface area contributed by atoms with E-state index >= 15 is 0 Å². The van der Waals surface area contributed by atoms with Crippen molar-refractivity contribution in [2.75, 3.05) is 6.54 Å². The Morgan fingerprint density at radius 2 is 1.75 bits per heavy atom. The molecule has 2 aromatic carbocycles. The van der Waals surface area contributed by atoms with Gasteiger partial charge in [0.15, 0.2) is 0 Å². The van der Waals surface area contributed by atoms with E-state index in [9.17, 15) is 9.18 Å². The van der Waals surface area contributed by atoms with Gasteiger partial charge in [0.2, 0.25) is 5.91 Å². The van der Waals surface area contributed by atoms with Gasteiger partial charge >= 0.3 is 0 Å². The molecule has 0 heterocycles. The molecule has 0 radical (unpaired) electrons. The first kappa shape index (κ1) is 14.2. The first-order chi connectivity index (χ1) is 9.72. The topological polar surface area (TPSA) is 55.1 Å². The number of rotatable bonds is 5. The fourth-order valence-electron chi connectivity index (χ4n) is 2.03. The quantitative estimate of drug-likeness (QED) is 0.876. The summed E-state index contributed by atoms with van der Waals surface area (Å²) >= 11 is 0. The summed E-state index contributed by atoms with van der Waals surface area (Å²) in [4.78, 5) is 12.1. The largest absolute Gasteiger partial charge is 0.351 e. The summed E-state index contributed by atoms with van der Waals surface area (Å²) in [6.07, 6.45) is 0. The summed E-state index contributed by atoms with van der Waals surface area (Å²) in [5, 5.41) is 2.73. The van der Waals surface area contributed by atoms with Crippen LogP contribution in [0.1, 0.15) is 17.0 Å². The third-order valence-corrected chi connectivity index (χ3v) is 3.17. The Bertz CT molecular complexity index is 572. The van der Waals surface area contributed by atoms with Crippen LogP contribution in [0.15, 0.2) is 54.6 Å². The molecule has 2 rings (SSSR count). The Kier molecular flexibility index (Phi) is 4.85. The van der Waals surface area contributed by atoms with Crippen molar-refractivity contribution in [2.45, 2.75) is 12.5 Å². The van der Waals surface area contributed by atoms with Gasteiger partial charge in [-0.2, -0.15) is 0 Å². The number of hydrogen-bond acceptors (Lipinski definition) is 2. The number of carbonyl (C=O) groups excluding carboxylic acids is 1. The molecule has 20 heavy (non-hydrogen) atoms. The maximum atomic E-state index is 13.5. The number of carbonyl (C=O) groups is 1. The molecule has 0 bridgehead atoms. The van der Waals surface area contributed by atoms with Crippen LogP contribution in [0.3, 0.4) is 0 Å². The first-order valence-electron chi connectivity index (χ1n) is 6.48. The van der Waals surface area contributed by atoms with Gasteiger partial charge in [0.1, 0.15) is 5.82 Å². The fraction of sp³-hybridized carbons (Fsp3) is 0.188. The van der Waals surface area contributed by atoms with Crippen LogP contribution in [0.25, 0.3) is 0 Å². The second-order valence-electron chi connectivity index (χ2n) is 4.51. The smallest absolute Gasteiger partial charge is 0.229 e. The third kappa shape index (κ3) is 3.42. The minimum Gasteiger partial charge on any atom is -0.351 e. The molecule has 0 aromatic heterocycles. The maximum Gasteiger partial charge on any atom is 0.229 e. The Morgan fingerprint density at radius 3 is 2.40 bits per heavy atom. The van der Waals surface area contributed by atoms with Gasteiger partial charge in [0, 0.05) is 18.7 Å². The van der Waals surface area contributed by atoms with Gasteiger partial charge in [-0.3, -0.25) is 4.79 Å². The molecule has 3 nitrogen and oxygen atoms in total. The van der Waals surface area contributed by atoms with Crippen LogP contribution >= 0.6 is 0 Å². The van der Waals surface area contributed by atoms with Gasteiger partial charge in [0.05, 0.1) is 5.92 Å². The highest BCUT2D eigenvalue weighted by Gasteiger charge is 2.18. The van der Waals surface area contributed by atoms with E-state index < -0.39 is 5.92 Å². The highest BCUT2D eigenvalue weighted by molar-refractivity contribution is 5.83. The van der Waals surface area contributed by atoms with Crippen molar-refractivity contribution >= 4 is 5.91 Å². The average molecular weight is 272 g/mol. The van der Waals surface area contributed by atoms with Crippen LogP contribution in [-0.2, 0) is 11.3 Å². The molecule has 104 valence electrons. The summed E-state index contributed by atoms with van der Waals surface area (Å²) in [6.45, 7) is 0.377. The van der Waals surface area contributed by atoms with Crippen molar-refractivity contribution in [2.24, 2.45) is 5.73 Å². The average Bonchev–Trinajstić information content (AvgIpc) is 2.48. The minimum absolute atomic E-state index is 0.162. The van der Waals surface area contributed by atoms with Gasteiger partial charge in [-0.1, -0.05) is 48.5 Å². The number of benzene rings is 2. The SMILES string of the molecule is NCC(C(=O)NCc1ccccc1F)c1ccccc1. The first-order valence-corrected chi connectivity index (χ1v) is 6.48. The molecule has 1 atom stereocenters. The van der Waals surface area contributed by atoms with Crippen LogP contribution in [0, 0.1) is 5.82 Å². The van der Waals surface area contributed by atoms with Crippen molar-refractivity contribution in [3.8, 4) is 0 Å². The Morgan fingerprint density at radius 1 is 1.10 bits per heavy atom. The van der Waals surface area contributed by atoms with Gasteiger partial charge in [-0.05, 0) is 11.6 Å². The van der Waals surface area contributed by atoms with Crippen molar-refractivity contribution in [1.29, 1.82) is 0 Å². The zero-order valence-electron chi connectivity index (χ0n) is 11.1. The van der Waals surface area contributed by atoms with Crippen LogP contribution < -0.4 is 11.1 Å². The Balaban J connectivity index is 2.02. The van der Waals surface area contributed by atoms with Crippen molar-refractivity contribution < 1.29 is 9.18 Å². The van der Waals surface area contributed by atoms with Crippen LogP contribution in [0.4, 0.5) is 4.39 Å². The van der Waals surface area contributed by atoms with Gasteiger partial charge in [-0.15, -0.1) is 0 Å². The minimum atomic E-state index is -0.414. The predicted octanol–water partition coefficient (Wildman–Crippen LogP) is 2.18. The van der Waals surface area contributed by atoms with E-state index in [0.29, 0.717) is 5.56 Å². The standard InChI is InChI=1S/C16H17FN2O/c17-15-9-5-4-8-13(15)11-19-16(20)14(10-18)12-6-2-1-3-7-12/h1-9,14H,10-11,18H2,(H,19,20). The fourth-order valence-corrected chi connectivity index (χ4v) is 2.03. The molecule has 1 unspecified atom stereocenters. The highest BCUT2D eigenvalue weighted by atomic mass is 19.1. The molecular formula is C16H17FN2O. The predicted molar refractivity (Wildman–Crippen MR) is 76.5 cm³/mol. The highest BCUT2D eigenvalue weighted by Crippen LogP contribution is 2.14. The van der Waals surface area contributed by atoms with Crippen molar-refractivity contribution in [3.63, 3.8) is 0 Å². The van der Waals surface area contributed by atoms with Crippen molar-refractivity contribution in [1.82, 2.24) is 5.32 Å². The zero-order valence-corrected chi connectivity index (χ0v) is 11.1. The van der Waals surface area contributed by atoms with E-state index in [1.807, 2.05) is 30.3 Å². The van der Waals surface area contributed by atoms with Crippen molar-refractivity contribution in [3.05, 3.63) is 71.5 Å². The lowest BCUT2D eigenvalue weighted by atomic mass is 9.98. The number of nitrogens with two attached hydrogens (primary N) is 1. The van der Waals surface area contributed by atoms with E-state index in [1.54, 1.807) is 18.2 Å². The molecule has 0 aliphatic heterocycles. The zero-order chi connectivity index (χ0) is 14.4. The Labute approximate surface area is 117 Å². The molecule has 1 amide bonds. The molecular weight excluding hydrogens is 255 g/mol. The van der Waals surface area contributed by atoms with E-state index in [0.717, 1.165) is 5.56 Å². The van der Waals surface area contributed by atoms with Gasteiger partial charge < -0.3 is 11.1 Å². The molecule has 0 aliphatic carbocycles. The number of nitrogens with one attached hydrogen (secondary N) is 1. The maximum absolute atomic E-state index is 13.5. The number of hydrogen-bond donors (Lipinski definition) is 2. The normalized spacial score (nSPS) is 11.9. The summed E-state index contributed by atoms with van der Waals surface area (Å²) in [5.74, 6) is -0.929. The van der Waals surface area contributed by atoms with Crippen LogP contribution in [0.5, 0.6) is 0 Å². The lowest BCUT2D eigenvalue weighted by Gasteiger charge is -2.15. The van der Waals surface area contributed by atoms with E-state index in [1.165, 1.54) is 6.07 Å². The van der Waals surface area contributed by atoms with Gasteiger partial charge in [0.25, 0.3) is 0 Å². The number of halogens is 1. The Hall–Kier alpha value is -2.20. The van der Waals surface area contributed by atoms with Gasteiger partial charge in [-0.25, -0.2) is 4.39 Å². The monoisotopic (exact) mass is 272 g/mol. The molecule has 0 aliphatic rings. The van der Waals surface area contributed by atoms with E-state index in [4.69, 9.17) is 5.73 Å². The molecule has 0 saturated heterocycles. The molecule has 0 fully saturated rings. The lowest BCUT2D eigenvalue weighted by molar-refractivity contribution is -0.122. The molecule has 0 saturated carbocycles. The molecule has 3 N–H and O–H groups in total. The molecule has 2 aromatic rings. The molecule has 0 spiro atoms. The third-order valence-electron chi connectivity index (χ3n) is 3.17.